The molecule has 1 amide bonds. The van der Waals surface area contributed by atoms with Crippen LogP contribution >= 0.6 is 23.2 Å². The van der Waals surface area contributed by atoms with Gasteiger partial charge in [-0.3, -0.25) is 14.4 Å². The molecule has 0 radical (unpaired) electrons. The van der Waals surface area contributed by atoms with Gasteiger partial charge in [-0.05, 0) is 113 Å². The van der Waals surface area contributed by atoms with Gasteiger partial charge in [0.1, 0.15) is 17.3 Å². The van der Waals surface area contributed by atoms with Gasteiger partial charge in [0.15, 0.2) is 0 Å². The standard InChI is InChI=1S/C41H43Cl2N5O4/c1-8-15-46-33-14-11-27(41(50)51)19-28(33)20-34(46)47-21-24(4)48-38-31(12-13-32(42)36(38)35-25(5)44-45(7)26(35)6)30(39(48)40(47)49)10-9-16-52-29-17-22(2)37(43)23(3)18-29/h11-14,17-20,24H,8-10,15-16,21H2,1-7H3,(H,50,51)/t24-/m1/s1. The van der Waals surface area contributed by atoms with Crippen molar-refractivity contribution >= 4 is 62.7 Å². The molecule has 6 aromatic rings. The van der Waals surface area contributed by atoms with Crippen LogP contribution in [0.25, 0.3) is 32.9 Å². The number of nitrogens with zero attached hydrogens (tertiary/aromatic N) is 5. The molecule has 11 heteroatoms. The molecule has 0 bridgehead atoms. The summed E-state index contributed by atoms with van der Waals surface area (Å²) in [6.45, 7) is 13.8. The van der Waals surface area contributed by atoms with Crippen molar-refractivity contribution in [3.63, 3.8) is 0 Å². The van der Waals surface area contributed by atoms with Crippen molar-refractivity contribution in [1.82, 2.24) is 18.9 Å². The third kappa shape index (κ3) is 5.84. The second kappa shape index (κ2) is 13.7. The highest BCUT2D eigenvalue weighted by Gasteiger charge is 2.38. The topological polar surface area (TPSA) is 94.5 Å². The number of rotatable bonds is 10. The van der Waals surface area contributed by atoms with E-state index in [1.165, 1.54) is 0 Å². The van der Waals surface area contributed by atoms with Crippen LogP contribution in [0.4, 0.5) is 5.82 Å². The van der Waals surface area contributed by atoms with E-state index in [1.54, 1.807) is 12.1 Å². The molecule has 0 unspecified atom stereocenters. The fraction of sp³-hybridized carbons (Fsp3) is 0.341. The Hall–Kier alpha value is -4.73. The van der Waals surface area contributed by atoms with E-state index in [0.29, 0.717) is 43.3 Å². The maximum Gasteiger partial charge on any atom is 0.335 e. The number of amides is 1. The molecule has 7 rings (SSSR count). The summed E-state index contributed by atoms with van der Waals surface area (Å²) in [5.41, 5.74) is 9.28. The van der Waals surface area contributed by atoms with E-state index < -0.39 is 5.97 Å². The number of aromatic carboxylic acids is 1. The highest BCUT2D eigenvalue weighted by molar-refractivity contribution is 6.35. The zero-order valence-corrected chi connectivity index (χ0v) is 32.1. The quantitative estimate of drug-likeness (QED) is 0.141. The molecule has 0 fully saturated rings. The van der Waals surface area contributed by atoms with E-state index in [-0.39, 0.29) is 17.5 Å². The number of hydrogen-bond acceptors (Lipinski definition) is 4. The van der Waals surface area contributed by atoms with Gasteiger partial charge in [-0.1, -0.05) is 36.2 Å². The number of benzene rings is 3. The average molecular weight is 741 g/mol. The van der Waals surface area contributed by atoms with Crippen molar-refractivity contribution in [2.24, 2.45) is 7.05 Å². The van der Waals surface area contributed by atoms with E-state index in [1.807, 2.05) is 80.7 Å². The molecule has 270 valence electrons. The van der Waals surface area contributed by atoms with Crippen molar-refractivity contribution in [3.8, 4) is 16.9 Å². The summed E-state index contributed by atoms with van der Waals surface area (Å²) in [6.07, 6.45) is 2.12. The van der Waals surface area contributed by atoms with Gasteiger partial charge >= 0.3 is 5.97 Å². The Balaban J connectivity index is 1.38. The Morgan fingerprint density at radius 3 is 2.40 bits per heavy atom. The Bertz CT molecular complexity index is 2400. The number of halogens is 2. The van der Waals surface area contributed by atoms with E-state index in [0.717, 1.165) is 84.0 Å². The molecule has 9 nitrogen and oxygen atoms in total. The molecule has 3 aromatic heterocycles. The molecule has 3 aromatic carbocycles. The maximum absolute atomic E-state index is 15.1. The van der Waals surface area contributed by atoms with Crippen molar-refractivity contribution in [2.75, 3.05) is 18.1 Å². The molecule has 1 N–H and O–H groups in total. The van der Waals surface area contributed by atoms with E-state index >= 15 is 4.79 Å². The van der Waals surface area contributed by atoms with Gasteiger partial charge in [-0.15, -0.1) is 0 Å². The molecule has 0 spiro atoms. The number of carbonyl (C=O) groups is 2. The van der Waals surface area contributed by atoms with Crippen molar-refractivity contribution < 1.29 is 19.4 Å². The monoisotopic (exact) mass is 739 g/mol. The van der Waals surface area contributed by atoms with E-state index in [2.05, 4.69) is 23.0 Å². The SMILES string of the molecule is CCCn1c(N2C[C@@H](C)n3c(c(CCCOc4cc(C)c(Cl)c(C)c4)c4ccc(Cl)c(-c5c(C)nn(C)c5C)c43)C2=O)cc2cc(C(=O)O)ccc21. The smallest absolute Gasteiger partial charge is 0.335 e. The third-order valence-electron chi connectivity index (χ3n) is 10.4. The van der Waals surface area contributed by atoms with E-state index in [9.17, 15) is 9.90 Å². The lowest BCUT2D eigenvalue weighted by Gasteiger charge is -2.34. The molecule has 0 aliphatic carbocycles. The lowest BCUT2D eigenvalue weighted by molar-refractivity contribution is 0.0696. The molecule has 1 atom stereocenters. The van der Waals surface area contributed by atoms with Gasteiger partial charge in [0, 0.05) is 64.3 Å². The minimum absolute atomic E-state index is 0.102. The largest absolute Gasteiger partial charge is 0.494 e. The summed E-state index contributed by atoms with van der Waals surface area (Å²) in [7, 11) is 1.93. The molecule has 4 heterocycles. The van der Waals surface area contributed by atoms with Crippen LogP contribution in [0, 0.1) is 27.7 Å². The van der Waals surface area contributed by atoms with Crippen LogP contribution in [-0.4, -0.2) is 49.0 Å². The Morgan fingerprint density at radius 2 is 1.75 bits per heavy atom. The first-order valence-electron chi connectivity index (χ1n) is 17.8. The number of aryl methyl sites for hydroxylation is 6. The van der Waals surface area contributed by atoms with Gasteiger partial charge in [0.05, 0.1) is 28.4 Å². The fourth-order valence-corrected chi connectivity index (χ4v) is 8.35. The van der Waals surface area contributed by atoms with Gasteiger partial charge < -0.3 is 19.0 Å². The highest BCUT2D eigenvalue weighted by Crippen LogP contribution is 2.45. The number of carboxylic acids is 1. The zero-order chi connectivity index (χ0) is 37.2. The van der Waals surface area contributed by atoms with Gasteiger partial charge in [-0.2, -0.15) is 5.10 Å². The Morgan fingerprint density at radius 1 is 1.02 bits per heavy atom. The number of ether oxygens (including phenoxy) is 1. The van der Waals surface area contributed by atoms with Crippen molar-refractivity contribution in [1.29, 1.82) is 0 Å². The molecular weight excluding hydrogens is 697 g/mol. The lowest BCUT2D eigenvalue weighted by Crippen LogP contribution is -2.43. The van der Waals surface area contributed by atoms with E-state index in [4.69, 9.17) is 33.0 Å². The highest BCUT2D eigenvalue weighted by atomic mass is 35.5. The van der Waals surface area contributed by atoms with Crippen LogP contribution in [0.5, 0.6) is 5.75 Å². The summed E-state index contributed by atoms with van der Waals surface area (Å²) in [5.74, 6) is 0.440. The van der Waals surface area contributed by atoms with Crippen LogP contribution in [0.3, 0.4) is 0 Å². The second-order valence-electron chi connectivity index (χ2n) is 14.0. The number of anilines is 1. The molecular formula is C41H43Cl2N5O4. The fourth-order valence-electron chi connectivity index (χ4n) is 8.00. The first-order chi connectivity index (χ1) is 24.8. The molecule has 52 heavy (non-hydrogen) atoms. The van der Waals surface area contributed by atoms with Crippen LogP contribution in [0.2, 0.25) is 10.0 Å². The normalized spacial score (nSPS) is 14.5. The van der Waals surface area contributed by atoms with Crippen molar-refractivity contribution in [2.45, 2.75) is 73.4 Å². The summed E-state index contributed by atoms with van der Waals surface area (Å²) in [5, 5.41) is 17.5. The number of carboxylic acid groups (broad SMARTS) is 1. The number of hydrogen-bond donors (Lipinski definition) is 1. The molecule has 0 saturated heterocycles. The molecule has 1 aliphatic rings. The Kier molecular flexibility index (Phi) is 9.38. The van der Waals surface area contributed by atoms with Crippen LogP contribution in [0.1, 0.15) is 81.7 Å². The lowest BCUT2D eigenvalue weighted by atomic mass is 9.98. The third-order valence-corrected chi connectivity index (χ3v) is 11.3. The predicted octanol–water partition coefficient (Wildman–Crippen LogP) is 9.88. The Labute approximate surface area is 313 Å². The van der Waals surface area contributed by atoms with Crippen molar-refractivity contribution in [3.05, 3.63) is 97.9 Å². The van der Waals surface area contributed by atoms with Crippen LogP contribution in [0.15, 0.2) is 48.5 Å². The molecule has 0 saturated carbocycles. The van der Waals surface area contributed by atoms with Crippen LogP contribution in [-0.2, 0) is 20.0 Å². The minimum atomic E-state index is -0.984. The number of fused-ring (bicyclic) bond motifs is 4. The maximum atomic E-state index is 15.1. The van der Waals surface area contributed by atoms with Gasteiger partial charge in [0.2, 0.25) is 0 Å². The van der Waals surface area contributed by atoms with Gasteiger partial charge in [0.25, 0.3) is 5.91 Å². The summed E-state index contributed by atoms with van der Waals surface area (Å²) >= 11 is 13.5. The summed E-state index contributed by atoms with van der Waals surface area (Å²) < 4.78 is 12.4. The first kappa shape index (κ1) is 35.7. The minimum Gasteiger partial charge on any atom is -0.494 e. The predicted molar refractivity (Wildman–Crippen MR) is 209 cm³/mol. The van der Waals surface area contributed by atoms with Gasteiger partial charge in [-0.25, -0.2) is 4.79 Å². The number of aromatic nitrogens is 4. The summed E-state index contributed by atoms with van der Waals surface area (Å²) in [4.78, 5) is 28.8. The molecule has 1 aliphatic heterocycles. The van der Waals surface area contributed by atoms with Crippen LogP contribution < -0.4 is 9.64 Å². The average Bonchev–Trinajstić information content (AvgIpc) is 3.72. The second-order valence-corrected chi connectivity index (χ2v) is 14.8. The first-order valence-corrected chi connectivity index (χ1v) is 18.5. The number of carbonyl (C=O) groups excluding carboxylic acids is 1. The zero-order valence-electron chi connectivity index (χ0n) is 30.6. The summed E-state index contributed by atoms with van der Waals surface area (Å²) in [6, 6.07) is 14.9.